The lowest BCUT2D eigenvalue weighted by atomic mass is 9.80. The molecule has 0 bridgehead atoms. The minimum absolute atomic E-state index is 0.0151. The largest absolute Gasteiger partial charge is 0.347 e. The Morgan fingerprint density at radius 2 is 2.00 bits per heavy atom. The van der Waals surface area contributed by atoms with Crippen LogP contribution >= 0.6 is 0 Å². The van der Waals surface area contributed by atoms with E-state index in [1.165, 1.54) is 0 Å². The lowest BCUT2D eigenvalue weighted by Gasteiger charge is -2.40. The molecule has 1 aliphatic heterocycles. The summed E-state index contributed by atoms with van der Waals surface area (Å²) in [7, 11) is 3.50. The molecule has 2 fully saturated rings. The van der Waals surface area contributed by atoms with Crippen LogP contribution in [0.1, 0.15) is 33.1 Å². The van der Waals surface area contributed by atoms with E-state index in [1.807, 2.05) is 4.90 Å². The van der Waals surface area contributed by atoms with E-state index >= 15 is 0 Å². The maximum absolute atomic E-state index is 12.9. The van der Waals surface area contributed by atoms with Gasteiger partial charge in [0.1, 0.15) is 6.04 Å². The summed E-state index contributed by atoms with van der Waals surface area (Å²) in [5.41, 5.74) is 0.0632. The lowest BCUT2D eigenvalue weighted by molar-refractivity contribution is -0.149. The maximum atomic E-state index is 12.9. The summed E-state index contributed by atoms with van der Waals surface area (Å²) in [6.07, 6.45) is 3.17. The summed E-state index contributed by atoms with van der Waals surface area (Å²) < 4.78 is 0. The fourth-order valence-electron chi connectivity index (χ4n) is 3.47. The van der Waals surface area contributed by atoms with Crippen molar-refractivity contribution >= 4 is 11.8 Å². The Bertz CT molecular complexity index is 393. The van der Waals surface area contributed by atoms with Gasteiger partial charge >= 0.3 is 0 Å². The Morgan fingerprint density at radius 3 is 2.55 bits per heavy atom. The van der Waals surface area contributed by atoms with Gasteiger partial charge in [-0.2, -0.15) is 0 Å². The van der Waals surface area contributed by atoms with E-state index in [0.717, 1.165) is 25.8 Å². The van der Waals surface area contributed by atoms with E-state index in [1.54, 1.807) is 19.0 Å². The van der Waals surface area contributed by atoms with Crippen LogP contribution in [0.25, 0.3) is 0 Å². The van der Waals surface area contributed by atoms with Crippen molar-refractivity contribution in [1.82, 2.24) is 15.1 Å². The van der Waals surface area contributed by atoms with Crippen LogP contribution in [0.5, 0.6) is 0 Å². The predicted molar refractivity (Wildman–Crippen MR) is 78.2 cm³/mol. The van der Waals surface area contributed by atoms with Crippen LogP contribution in [-0.4, -0.2) is 61.4 Å². The number of carbonyl (C=O) groups excluding carboxylic acids is 2. The molecule has 1 N–H and O–H groups in total. The molecule has 2 aliphatic rings. The second-order valence-corrected chi connectivity index (χ2v) is 6.92. The zero-order valence-electron chi connectivity index (χ0n) is 13.1. The standard InChI is InChI=1S/C15H27N3O2/c1-15(2)7-5-6-11(15)13(19)18-9-8-16-10-12(18)14(20)17(3)4/h11-12,16H,5-10H2,1-4H3. The van der Waals surface area contributed by atoms with Gasteiger partial charge in [-0.1, -0.05) is 20.3 Å². The SMILES string of the molecule is CN(C)C(=O)C1CNCCN1C(=O)C1CCCC1(C)C. The number of nitrogens with zero attached hydrogens (tertiary/aromatic N) is 2. The molecule has 5 heteroatoms. The fraction of sp³-hybridized carbons (Fsp3) is 0.867. The van der Waals surface area contributed by atoms with Gasteiger partial charge in [-0.05, 0) is 18.3 Å². The van der Waals surface area contributed by atoms with Crippen molar-refractivity contribution in [2.45, 2.75) is 39.2 Å². The van der Waals surface area contributed by atoms with Crippen LogP contribution < -0.4 is 5.32 Å². The zero-order chi connectivity index (χ0) is 14.9. The fourth-order valence-corrected chi connectivity index (χ4v) is 3.47. The lowest BCUT2D eigenvalue weighted by Crippen LogP contribution is -2.60. The first-order chi connectivity index (χ1) is 9.34. The maximum Gasteiger partial charge on any atom is 0.246 e. The molecule has 114 valence electrons. The quantitative estimate of drug-likeness (QED) is 0.811. The first-order valence-electron chi connectivity index (χ1n) is 7.57. The van der Waals surface area contributed by atoms with Crippen LogP contribution in [0.4, 0.5) is 0 Å². The third kappa shape index (κ3) is 2.82. The number of amides is 2. The minimum Gasteiger partial charge on any atom is -0.347 e. The van der Waals surface area contributed by atoms with Gasteiger partial charge in [0.15, 0.2) is 0 Å². The van der Waals surface area contributed by atoms with Gasteiger partial charge in [0.05, 0.1) is 0 Å². The van der Waals surface area contributed by atoms with Crippen LogP contribution in [0.15, 0.2) is 0 Å². The molecule has 1 heterocycles. The molecule has 0 aromatic heterocycles. The molecule has 1 saturated carbocycles. The highest BCUT2D eigenvalue weighted by Gasteiger charge is 2.44. The molecule has 1 aliphatic carbocycles. The first-order valence-corrected chi connectivity index (χ1v) is 7.57. The van der Waals surface area contributed by atoms with Crippen molar-refractivity contribution < 1.29 is 9.59 Å². The summed E-state index contributed by atoms with van der Waals surface area (Å²) in [5, 5.41) is 3.23. The second kappa shape index (κ2) is 5.72. The average Bonchev–Trinajstić information content (AvgIpc) is 2.76. The van der Waals surface area contributed by atoms with Gasteiger partial charge < -0.3 is 15.1 Å². The van der Waals surface area contributed by atoms with Crippen LogP contribution in [0.3, 0.4) is 0 Å². The topological polar surface area (TPSA) is 52.7 Å². The molecule has 0 aromatic rings. The Kier molecular flexibility index (Phi) is 4.37. The third-order valence-corrected chi connectivity index (χ3v) is 4.81. The van der Waals surface area contributed by atoms with E-state index in [-0.39, 0.29) is 29.2 Å². The summed E-state index contributed by atoms with van der Waals surface area (Å²) in [4.78, 5) is 28.6. The molecule has 1 saturated heterocycles. The molecule has 0 radical (unpaired) electrons. The highest BCUT2D eigenvalue weighted by molar-refractivity contribution is 5.89. The number of rotatable bonds is 2. The summed E-state index contributed by atoms with van der Waals surface area (Å²) in [5.74, 6) is 0.258. The highest BCUT2D eigenvalue weighted by Crippen LogP contribution is 2.43. The summed E-state index contributed by atoms with van der Waals surface area (Å²) in [6.45, 7) is 6.32. The average molecular weight is 281 g/mol. The molecule has 2 amide bonds. The van der Waals surface area contributed by atoms with Crippen LogP contribution in [0.2, 0.25) is 0 Å². The van der Waals surface area contributed by atoms with E-state index < -0.39 is 0 Å². The van der Waals surface area contributed by atoms with Gasteiger partial charge in [-0.15, -0.1) is 0 Å². The van der Waals surface area contributed by atoms with E-state index in [0.29, 0.717) is 13.1 Å². The number of piperazine rings is 1. The van der Waals surface area contributed by atoms with Crippen molar-refractivity contribution in [3.63, 3.8) is 0 Å². The molecule has 20 heavy (non-hydrogen) atoms. The van der Waals surface area contributed by atoms with Crippen LogP contribution in [-0.2, 0) is 9.59 Å². The van der Waals surface area contributed by atoms with Gasteiger partial charge in [-0.3, -0.25) is 9.59 Å². The second-order valence-electron chi connectivity index (χ2n) is 6.92. The van der Waals surface area contributed by atoms with Crippen molar-refractivity contribution in [2.24, 2.45) is 11.3 Å². The number of likely N-dealkylation sites (N-methyl/N-ethyl adjacent to an activating group) is 1. The van der Waals surface area contributed by atoms with E-state index in [2.05, 4.69) is 19.2 Å². The zero-order valence-corrected chi connectivity index (χ0v) is 13.1. The van der Waals surface area contributed by atoms with E-state index in [4.69, 9.17) is 0 Å². The number of hydrogen-bond acceptors (Lipinski definition) is 3. The Labute approximate surface area is 121 Å². The summed E-state index contributed by atoms with van der Waals surface area (Å²) >= 11 is 0. The van der Waals surface area contributed by atoms with Crippen molar-refractivity contribution in [3.8, 4) is 0 Å². The number of hydrogen-bond donors (Lipinski definition) is 1. The monoisotopic (exact) mass is 281 g/mol. The molecule has 5 nitrogen and oxygen atoms in total. The smallest absolute Gasteiger partial charge is 0.246 e. The normalized spacial score (nSPS) is 29.3. The molecular weight excluding hydrogens is 254 g/mol. The molecule has 2 rings (SSSR count). The van der Waals surface area contributed by atoms with Gasteiger partial charge in [0.25, 0.3) is 0 Å². The van der Waals surface area contributed by atoms with Crippen molar-refractivity contribution in [1.29, 1.82) is 0 Å². The molecule has 2 unspecified atom stereocenters. The van der Waals surface area contributed by atoms with Gasteiger partial charge in [-0.25, -0.2) is 0 Å². The first kappa shape index (κ1) is 15.3. The number of nitrogens with one attached hydrogen (secondary N) is 1. The highest BCUT2D eigenvalue weighted by atomic mass is 16.2. The Hall–Kier alpha value is -1.10. The third-order valence-electron chi connectivity index (χ3n) is 4.81. The molecule has 0 spiro atoms. The Balaban J connectivity index is 2.15. The van der Waals surface area contributed by atoms with Crippen molar-refractivity contribution in [2.75, 3.05) is 33.7 Å². The summed E-state index contributed by atoms with van der Waals surface area (Å²) in [6, 6.07) is -0.345. The molecule has 0 aromatic carbocycles. The Morgan fingerprint density at radius 1 is 1.30 bits per heavy atom. The number of carbonyl (C=O) groups is 2. The van der Waals surface area contributed by atoms with E-state index in [9.17, 15) is 9.59 Å². The van der Waals surface area contributed by atoms with Crippen LogP contribution in [0, 0.1) is 11.3 Å². The predicted octanol–water partition coefficient (Wildman–Crippen LogP) is 0.701. The minimum atomic E-state index is -0.345. The van der Waals surface area contributed by atoms with Gasteiger partial charge in [0, 0.05) is 39.6 Å². The van der Waals surface area contributed by atoms with Gasteiger partial charge in [0.2, 0.25) is 11.8 Å². The molecule has 2 atom stereocenters. The molecular formula is C15H27N3O2. The van der Waals surface area contributed by atoms with Crippen molar-refractivity contribution in [3.05, 3.63) is 0 Å².